The van der Waals surface area contributed by atoms with Gasteiger partial charge in [0.25, 0.3) is 5.91 Å². The van der Waals surface area contributed by atoms with Gasteiger partial charge in [0.15, 0.2) is 0 Å². The molecule has 0 saturated heterocycles. The number of ether oxygens (including phenoxy) is 1. The summed E-state index contributed by atoms with van der Waals surface area (Å²) in [6.45, 7) is 1.60. The third kappa shape index (κ3) is 5.00. The highest BCUT2D eigenvalue weighted by Gasteiger charge is 2.15. The average Bonchev–Trinajstić information content (AvgIpc) is 2.83. The lowest BCUT2D eigenvalue weighted by molar-refractivity contribution is -0.143. The van der Waals surface area contributed by atoms with Crippen LogP contribution in [0.3, 0.4) is 0 Å². The van der Waals surface area contributed by atoms with Gasteiger partial charge in [0.1, 0.15) is 11.7 Å². The molecule has 0 spiro atoms. The summed E-state index contributed by atoms with van der Waals surface area (Å²) in [6, 6.07) is 6.88. The molecule has 2 rings (SSSR count). The zero-order valence-electron chi connectivity index (χ0n) is 13.0. The molecule has 132 valence electrons. The number of hydrogen-bond acceptors (Lipinski definition) is 6. The summed E-state index contributed by atoms with van der Waals surface area (Å²) in [5.41, 5.74) is 2.77. The second-order valence-electron chi connectivity index (χ2n) is 4.59. The molecule has 0 unspecified atom stereocenters. The predicted molar refractivity (Wildman–Crippen MR) is 99.4 cm³/mol. The molecule has 2 aromatic rings. The Hall–Kier alpha value is -1.97. The number of benzene rings is 1. The molecule has 7 nitrogen and oxygen atoms in total. The molecule has 0 aliphatic carbocycles. The number of halogens is 2. The van der Waals surface area contributed by atoms with E-state index in [2.05, 4.69) is 26.5 Å². The van der Waals surface area contributed by atoms with Gasteiger partial charge >= 0.3 is 10.8 Å². The molecule has 0 saturated carbocycles. The Morgan fingerprint density at radius 3 is 2.84 bits per heavy atom. The van der Waals surface area contributed by atoms with E-state index >= 15 is 0 Å². The minimum absolute atomic E-state index is 0.0574. The van der Waals surface area contributed by atoms with Gasteiger partial charge in [-0.15, -0.1) is 0 Å². The Labute approximate surface area is 160 Å². The summed E-state index contributed by atoms with van der Waals surface area (Å²) < 4.78 is 6.51. The second-order valence-corrected chi connectivity index (χ2v) is 6.80. The van der Waals surface area contributed by atoms with Crippen LogP contribution < -0.4 is 10.3 Å². The molecule has 0 atom stereocenters. The highest BCUT2D eigenvalue weighted by molar-refractivity contribution is 9.10. The molecule has 25 heavy (non-hydrogen) atoms. The van der Waals surface area contributed by atoms with E-state index in [1.807, 2.05) is 0 Å². The number of esters is 1. The monoisotopic (exact) mass is 445 g/mol. The van der Waals surface area contributed by atoms with Crippen molar-refractivity contribution in [3.63, 3.8) is 0 Å². The largest absolute Gasteiger partial charge is 0.465 e. The van der Waals surface area contributed by atoms with Gasteiger partial charge in [-0.05, 0) is 35.0 Å². The number of amides is 1. The number of thiazole rings is 1. The summed E-state index contributed by atoms with van der Waals surface area (Å²) in [6.07, 6.45) is 1.25. The molecular formula is C15H13BrClN3O4S. The molecule has 1 N–H and O–H groups in total. The van der Waals surface area contributed by atoms with Crippen LogP contribution in [0.5, 0.6) is 0 Å². The number of hydrogen-bond donors (Lipinski definition) is 1. The fourth-order valence-corrected chi connectivity index (χ4v) is 3.38. The Morgan fingerprint density at radius 1 is 1.44 bits per heavy atom. The standard InChI is InChI=1S/C15H13BrClN3O4S/c1-2-24-12(21)8-20-13(17)11(25-15(20)23)7-18-19-14(22)9-5-3-4-6-10(9)16/h3-7H,2,8H2,1H3,(H,19,22)/b18-7+. The molecule has 1 aromatic heterocycles. The van der Waals surface area contributed by atoms with Crippen molar-refractivity contribution in [1.29, 1.82) is 0 Å². The third-order valence-corrected chi connectivity index (χ3v) is 5.04. The minimum Gasteiger partial charge on any atom is -0.465 e. The lowest BCUT2D eigenvalue weighted by atomic mass is 10.2. The Balaban J connectivity index is 2.09. The maximum Gasteiger partial charge on any atom is 0.326 e. The van der Waals surface area contributed by atoms with Crippen molar-refractivity contribution < 1.29 is 14.3 Å². The van der Waals surface area contributed by atoms with Crippen molar-refractivity contribution in [2.45, 2.75) is 13.5 Å². The number of hydrazone groups is 1. The smallest absolute Gasteiger partial charge is 0.326 e. The highest BCUT2D eigenvalue weighted by atomic mass is 79.9. The molecule has 0 bridgehead atoms. The molecule has 0 aliphatic heterocycles. The zero-order chi connectivity index (χ0) is 18.4. The van der Waals surface area contributed by atoms with Crippen LogP contribution in [-0.2, 0) is 16.1 Å². The number of rotatable bonds is 6. The normalized spacial score (nSPS) is 10.8. The summed E-state index contributed by atoms with van der Waals surface area (Å²) in [4.78, 5) is 35.3. The van der Waals surface area contributed by atoms with Gasteiger partial charge in [-0.2, -0.15) is 5.10 Å². The van der Waals surface area contributed by atoms with Gasteiger partial charge in [-0.3, -0.25) is 19.0 Å². The molecule has 10 heteroatoms. The van der Waals surface area contributed by atoms with Crippen LogP contribution in [0.4, 0.5) is 0 Å². The number of aromatic nitrogens is 1. The van der Waals surface area contributed by atoms with Crippen LogP contribution in [0.1, 0.15) is 22.2 Å². The Bertz CT molecular complexity index is 878. The maximum absolute atomic E-state index is 12.0. The van der Waals surface area contributed by atoms with Crippen molar-refractivity contribution in [2.24, 2.45) is 5.10 Å². The molecule has 1 aromatic carbocycles. The first-order valence-corrected chi connectivity index (χ1v) is 9.05. The van der Waals surface area contributed by atoms with E-state index in [0.29, 0.717) is 14.9 Å². The van der Waals surface area contributed by atoms with E-state index in [4.69, 9.17) is 16.3 Å². The van der Waals surface area contributed by atoms with E-state index in [1.54, 1.807) is 31.2 Å². The van der Waals surface area contributed by atoms with E-state index < -0.39 is 16.7 Å². The van der Waals surface area contributed by atoms with Crippen LogP contribution in [0.15, 0.2) is 38.6 Å². The van der Waals surface area contributed by atoms with Crippen molar-refractivity contribution in [3.05, 3.63) is 54.0 Å². The van der Waals surface area contributed by atoms with Crippen LogP contribution in [-0.4, -0.2) is 29.3 Å². The second kappa shape index (κ2) is 8.93. The topological polar surface area (TPSA) is 89.8 Å². The molecule has 0 radical (unpaired) electrons. The van der Waals surface area contributed by atoms with E-state index in [1.165, 1.54) is 6.21 Å². The lowest BCUT2D eigenvalue weighted by Gasteiger charge is -2.03. The van der Waals surface area contributed by atoms with Crippen molar-refractivity contribution in [2.75, 3.05) is 6.61 Å². The van der Waals surface area contributed by atoms with E-state index in [0.717, 1.165) is 15.9 Å². The van der Waals surface area contributed by atoms with Gasteiger partial charge in [0, 0.05) is 4.47 Å². The number of nitrogens with zero attached hydrogens (tertiary/aromatic N) is 2. The summed E-state index contributed by atoms with van der Waals surface area (Å²) in [7, 11) is 0. The van der Waals surface area contributed by atoms with Crippen LogP contribution >= 0.6 is 38.9 Å². The van der Waals surface area contributed by atoms with Gasteiger partial charge in [0.05, 0.1) is 23.3 Å². The lowest BCUT2D eigenvalue weighted by Crippen LogP contribution is -2.21. The first-order valence-electron chi connectivity index (χ1n) is 7.06. The van der Waals surface area contributed by atoms with Crippen LogP contribution in [0.25, 0.3) is 0 Å². The fourth-order valence-electron chi connectivity index (χ4n) is 1.81. The van der Waals surface area contributed by atoms with Crippen molar-refractivity contribution in [3.8, 4) is 0 Å². The predicted octanol–water partition coefficient (Wildman–Crippen LogP) is 2.65. The summed E-state index contributed by atoms with van der Waals surface area (Å²) >= 11 is 10.2. The first-order chi connectivity index (χ1) is 11.9. The molecule has 1 amide bonds. The number of carbonyl (C=O) groups excluding carboxylic acids is 2. The van der Waals surface area contributed by atoms with Crippen molar-refractivity contribution in [1.82, 2.24) is 9.99 Å². The molecule has 1 heterocycles. The van der Waals surface area contributed by atoms with Gasteiger partial charge in [-0.25, -0.2) is 5.43 Å². The minimum atomic E-state index is -0.560. The highest BCUT2D eigenvalue weighted by Crippen LogP contribution is 2.17. The van der Waals surface area contributed by atoms with Crippen LogP contribution in [0.2, 0.25) is 5.15 Å². The number of carbonyl (C=O) groups is 2. The van der Waals surface area contributed by atoms with Gasteiger partial charge in [-0.1, -0.05) is 35.1 Å². The quantitative estimate of drug-likeness (QED) is 0.420. The summed E-state index contributed by atoms with van der Waals surface area (Å²) in [5.74, 6) is -0.979. The SMILES string of the molecule is CCOC(=O)Cn1c(Cl)c(/C=N/NC(=O)c2ccccc2Br)sc1=O. The summed E-state index contributed by atoms with van der Waals surface area (Å²) in [5, 5.41) is 3.86. The Morgan fingerprint density at radius 2 is 2.16 bits per heavy atom. The van der Waals surface area contributed by atoms with Crippen molar-refractivity contribution >= 4 is 57.0 Å². The third-order valence-electron chi connectivity index (χ3n) is 2.92. The fraction of sp³-hybridized carbons (Fsp3) is 0.200. The molecule has 0 fully saturated rings. The number of nitrogens with one attached hydrogen (secondary N) is 1. The maximum atomic E-state index is 12.0. The first kappa shape index (κ1) is 19.4. The molecular weight excluding hydrogens is 434 g/mol. The van der Waals surface area contributed by atoms with E-state index in [9.17, 15) is 14.4 Å². The zero-order valence-corrected chi connectivity index (χ0v) is 16.2. The van der Waals surface area contributed by atoms with Gasteiger partial charge < -0.3 is 4.74 Å². The van der Waals surface area contributed by atoms with E-state index in [-0.39, 0.29) is 18.3 Å². The van der Waals surface area contributed by atoms with Crippen LogP contribution in [0, 0.1) is 0 Å². The Kier molecular flexibility index (Phi) is 6.91. The average molecular weight is 447 g/mol. The molecule has 0 aliphatic rings. The van der Waals surface area contributed by atoms with Gasteiger partial charge in [0.2, 0.25) is 0 Å².